The van der Waals surface area contributed by atoms with Crippen LogP contribution in [-0.2, 0) is 13.8 Å². The van der Waals surface area contributed by atoms with Gasteiger partial charge in [0.05, 0.1) is 18.5 Å². The topological polar surface area (TPSA) is 43.4 Å². The molecular weight excluding hydrogens is 236 g/mol. The van der Waals surface area contributed by atoms with Gasteiger partial charge in [0.2, 0.25) is 9.05 Å². The summed E-state index contributed by atoms with van der Waals surface area (Å²) in [4.78, 5) is 0. The highest BCUT2D eigenvalue weighted by molar-refractivity contribution is 8.13. The quantitative estimate of drug-likeness (QED) is 0.471. The van der Waals surface area contributed by atoms with Crippen LogP contribution in [0.2, 0.25) is 0 Å². The number of unbranched alkanes of at least 4 members (excludes halogenated alkanes) is 3. The zero-order valence-electron chi connectivity index (χ0n) is 9.54. The van der Waals surface area contributed by atoms with E-state index in [1.807, 2.05) is 6.92 Å². The van der Waals surface area contributed by atoms with Crippen LogP contribution < -0.4 is 0 Å². The fourth-order valence-corrected chi connectivity index (χ4v) is 1.78. The molecular formula is C10H21ClO3S. The molecule has 0 saturated heterocycles. The van der Waals surface area contributed by atoms with Crippen molar-refractivity contribution in [1.82, 2.24) is 0 Å². The van der Waals surface area contributed by atoms with Gasteiger partial charge in [-0.05, 0) is 13.3 Å². The molecule has 0 aliphatic carbocycles. The minimum absolute atomic E-state index is 0.103. The van der Waals surface area contributed by atoms with Crippen LogP contribution >= 0.6 is 10.7 Å². The molecule has 0 aromatic carbocycles. The Labute approximate surface area is 97.6 Å². The van der Waals surface area contributed by atoms with E-state index in [1.54, 1.807) is 0 Å². The van der Waals surface area contributed by atoms with Gasteiger partial charge in [-0.15, -0.1) is 0 Å². The highest BCUT2D eigenvalue weighted by Gasteiger charge is 2.07. The van der Waals surface area contributed by atoms with E-state index in [0.29, 0.717) is 0 Å². The minimum atomic E-state index is -3.40. The van der Waals surface area contributed by atoms with Crippen molar-refractivity contribution < 1.29 is 13.2 Å². The molecule has 0 aliphatic rings. The molecule has 1 unspecified atom stereocenters. The lowest BCUT2D eigenvalue weighted by Gasteiger charge is -2.11. The first kappa shape index (κ1) is 15.2. The predicted molar refractivity (Wildman–Crippen MR) is 63.8 cm³/mol. The highest BCUT2D eigenvalue weighted by Crippen LogP contribution is 2.08. The third-order valence-corrected chi connectivity index (χ3v) is 3.31. The van der Waals surface area contributed by atoms with Gasteiger partial charge in [0.25, 0.3) is 0 Å². The molecule has 1 atom stereocenters. The van der Waals surface area contributed by atoms with Crippen LogP contribution in [0.4, 0.5) is 0 Å². The second-order valence-electron chi connectivity index (χ2n) is 3.77. The standard InChI is InChI=1S/C10H21ClO3S/c1-3-4-5-6-7-10(2)14-8-9-15(11,12)13/h10H,3-9H2,1-2H3. The van der Waals surface area contributed by atoms with Gasteiger partial charge in [0.1, 0.15) is 0 Å². The van der Waals surface area contributed by atoms with E-state index in [1.165, 1.54) is 19.3 Å². The molecule has 0 aromatic heterocycles. The third-order valence-electron chi connectivity index (χ3n) is 2.19. The maximum absolute atomic E-state index is 10.6. The zero-order chi connectivity index (χ0) is 11.7. The van der Waals surface area contributed by atoms with Crippen LogP contribution in [-0.4, -0.2) is 26.9 Å². The summed E-state index contributed by atoms with van der Waals surface area (Å²) in [5, 5.41) is 0. The van der Waals surface area contributed by atoms with Gasteiger partial charge in [0.15, 0.2) is 0 Å². The van der Waals surface area contributed by atoms with Crippen molar-refractivity contribution in [3.8, 4) is 0 Å². The molecule has 15 heavy (non-hydrogen) atoms. The lowest BCUT2D eigenvalue weighted by atomic mass is 10.1. The zero-order valence-corrected chi connectivity index (χ0v) is 11.1. The number of halogens is 1. The summed E-state index contributed by atoms with van der Waals surface area (Å²) in [6, 6.07) is 0. The molecule has 0 heterocycles. The molecule has 0 saturated carbocycles. The normalized spacial score (nSPS) is 14.1. The van der Waals surface area contributed by atoms with Crippen LogP contribution in [0.1, 0.15) is 46.0 Å². The SMILES string of the molecule is CCCCCCC(C)OCCS(=O)(=O)Cl. The lowest BCUT2D eigenvalue weighted by molar-refractivity contribution is 0.0698. The van der Waals surface area contributed by atoms with E-state index >= 15 is 0 Å². The van der Waals surface area contributed by atoms with Crippen molar-refractivity contribution in [1.29, 1.82) is 0 Å². The van der Waals surface area contributed by atoms with Crippen molar-refractivity contribution in [2.45, 2.75) is 52.1 Å². The van der Waals surface area contributed by atoms with Crippen LogP contribution in [0.5, 0.6) is 0 Å². The second-order valence-corrected chi connectivity index (χ2v) is 6.67. The molecule has 0 amide bonds. The van der Waals surface area contributed by atoms with Crippen molar-refractivity contribution in [3.63, 3.8) is 0 Å². The summed E-state index contributed by atoms with van der Waals surface area (Å²) in [7, 11) is 1.65. The first-order chi connectivity index (χ1) is 6.95. The summed E-state index contributed by atoms with van der Waals surface area (Å²) in [5.41, 5.74) is 0. The van der Waals surface area contributed by atoms with Crippen LogP contribution in [0, 0.1) is 0 Å². The summed E-state index contributed by atoms with van der Waals surface area (Å²) in [5.74, 6) is -0.103. The summed E-state index contributed by atoms with van der Waals surface area (Å²) < 4.78 is 26.5. The minimum Gasteiger partial charge on any atom is -0.377 e. The molecule has 0 fully saturated rings. The summed E-state index contributed by atoms with van der Waals surface area (Å²) in [6.45, 7) is 4.33. The summed E-state index contributed by atoms with van der Waals surface area (Å²) in [6.07, 6.45) is 5.95. The molecule has 0 aromatic rings. The number of rotatable bonds is 9. The van der Waals surface area contributed by atoms with E-state index in [0.717, 1.165) is 12.8 Å². The van der Waals surface area contributed by atoms with Crippen LogP contribution in [0.3, 0.4) is 0 Å². The Bertz CT molecular complexity index is 239. The highest BCUT2D eigenvalue weighted by atomic mass is 35.7. The molecule has 92 valence electrons. The van der Waals surface area contributed by atoms with Crippen LogP contribution in [0.15, 0.2) is 0 Å². The molecule has 3 nitrogen and oxygen atoms in total. The average Bonchev–Trinajstić information content (AvgIpc) is 2.10. The Morgan fingerprint density at radius 2 is 1.93 bits per heavy atom. The van der Waals surface area contributed by atoms with Crippen molar-refractivity contribution in [3.05, 3.63) is 0 Å². The molecule has 0 bridgehead atoms. The van der Waals surface area contributed by atoms with Gasteiger partial charge < -0.3 is 4.74 Å². The van der Waals surface area contributed by atoms with Gasteiger partial charge in [-0.2, -0.15) is 0 Å². The molecule has 0 spiro atoms. The number of ether oxygens (including phenoxy) is 1. The van der Waals surface area contributed by atoms with Crippen LogP contribution in [0.25, 0.3) is 0 Å². The maximum Gasteiger partial charge on any atom is 0.234 e. The van der Waals surface area contributed by atoms with Gasteiger partial charge in [-0.3, -0.25) is 0 Å². The van der Waals surface area contributed by atoms with Gasteiger partial charge >= 0.3 is 0 Å². The Morgan fingerprint density at radius 1 is 1.27 bits per heavy atom. The summed E-state index contributed by atoms with van der Waals surface area (Å²) >= 11 is 0. The van der Waals surface area contributed by atoms with Gasteiger partial charge in [-0.25, -0.2) is 8.42 Å². The Hall–Kier alpha value is 0.200. The lowest BCUT2D eigenvalue weighted by Crippen LogP contribution is -2.14. The average molecular weight is 257 g/mol. The predicted octanol–water partition coefficient (Wildman–Crippen LogP) is 2.93. The smallest absolute Gasteiger partial charge is 0.234 e. The van der Waals surface area contributed by atoms with Gasteiger partial charge in [-0.1, -0.05) is 32.6 Å². The largest absolute Gasteiger partial charge is 0.377 e. The van der Waals surface area contributed by atoms with Crippen molar-refractivity contribution in [2.75, 3.05) is 12.4 Å². The number of hydrogen-bond donors (Lipinski definition) is 0. The van der Waals surface area contributed by atoms with E-state index in [4.69, 9.17) is 15.4 Å². The van der Waals surface area contributed by atoms with E-state index < -0.39 is 9.05 Å². The van der Waals surface area contributed by atoms with E-state index in [-0.39, 0.29) is 18.5 Å². The van der Waals surface area contributed by atoms with Crippen molar-refractivity contribution in [2.24, 2.45) is 0 Å². The van der Waals surface area contributed by atoms with E-state index in [9.17, 15) is 8.42 Å². The monoisotopic (exact) mass is 256 g/mol. The van der Waals surface area contributed by atoms with E-state index in [2.05, 4.69) is 6.92 Å². The Balaban J connectivity index is 3.37. The molecule has 0 N–H and O–H groups in total. The fraction of sp³-hybridized carbons (Fsp3) is 1.00. The first-order valence-corrected chi connectivity index (χ1v) is 7.97. The maximum atomic E-state index is 10.6. The third kappa shape index (κ3) is 12.1. The fourth-order valence-electron chi connectivity index (χ4n) is 1.29. The molecule has 5 heteroatoms. The molecule has 0 radical (unpaired) electrons. The van der Waals surface area contributed by atoms with Gasteiger partial charge in [0, 0.05) is 10.7 Å². The van der Waals surface area contributed by atoms with Crippen molar-refractivity contribution >= 4 is 19.7 Å². The molecule has 0 rings (SSSR count). The number of hydrogen-bond acceptors (Lipinski definition) is 3. The molecule has 0 aliphatic heterocycles. The Kier molecular flexibility index (Phi) is 8.47. The first-order valence-electron chi connectivity index (χ1n) is 5.49. The second kappa shape index (κ2) is 8.36. The Morgan fingerprint density at radius 3 is 2.47 bits per heavy atom.